The van der Waals surface area contributed by atoms with Crippen LogP contribution in [0.1, 0.15) is 5.69 Å². The summed E-state index contributed by atoms with van der Waals surface area (Å²) < 4.78 is 3.23. The molecule has 0 saturated carbocycles. The number of aromatic nitrogens is 4. The van der Waals surface area contributed by atoms with Crippen LogP contribution in [0.2, 0.25) is 0 Å². The predicted molar refractivity (Wildman–Crippen MR) is 77.9 cm³/mol. The standard InChI is InChI=1S/C14H15N5O/c1-15-10-7-14(20)19(16-8-10)9-12-11-5-3-4-6-13(11)18(2)17-12/h3-8,15H,9H2,1-2H3. The molecule has 0 fully saturated rings. The number of anilines is 1. The molecule has 3 aromatic rings. The molecular weight excluding hydrogens is 254 g/mol. The SMILES string of the molecule is CNc1cnn(Cc2nn(C)c3ccccc23)c(=O)c1. The fourth-order valence-electron chi connectivity index (χ4n) is 2.24. The van der Waals surface area contributed by atoms with Gasteiger partial charge in [-0.05, 0) is 6.07 Å². The average Bonchev–Trinajstić information content (AvgIpc) is 2.78. The van der Waals surface area contributed by atoms with Crippen molar-refractivity contribution in [2.45, 2.75) is 6.54 Å². The van der Waals surface area contributed by atoms with E-state index in [0.717, 1.165) is 16.6 Å². The van der Waals surface area contributed by atoms with Crippen molar-refractivity contribution in [2.24, 2.45) is 7.05 Å². The lowest BCUT2D eigenvalue weighted by molar-refractivity contribution is 0.619. The van der Waals surface area contributed by atoms with Crippen molar-refractivity contribution in [3.8, 4) is 0 Å². The summed E-state index contributed by atoms with van der Waals surface area (Å²) in [4.78, 5) is 12.0. The number of nitrogens with zero attached hydrogens (tertiary/aromatic N) is 4. The maximum Gasteiger partial charge on any atom is 0.269 e. The molecule has 2 heterocycles. The zero-order valence-corrected chi connectivity index (χ0v) is 11.4. The molecule has 3 rings (SSSR count). The fourth-order valence-corrected chi connectivity index (χ4v) is 2.24. The molecule has 0 aliphatic rings. The molecule has 1 N–H and O–H groups in total. The highest BCUT2D eigenvalue weighted by Crippen LogP contribution is 2.17. The maximum atomic E-state index is 12.0. The van der Waals surface area contributed by atoms with Gasteiger partial charge in [-0.25, -0.2) is 4.68 Å². The first kappa shape index (κ1) is 12.4. The summed E-state index contributed by atoms with van der Waals surface area (Å²) in [6, 6.07) is 9.47. The third-order valence-electron chi connectivity index (χ3n) is 3.29. The van der Waals surface area contributed by atoms with Crippen LogP contribution in [-0.4, -0.2) is 26.6 Å². The second kappa shape index (κ2) is 4.80. The van der Waals surface area contributed by atoms with Crippen LogP contribution in [0.25, 0.3) is 10.9 Å². The van der Waals surface area contributed by atoms with Crippen molar-refractivity contribution in [1.82, 2.24) is 19.6 Å². The predicted octanol–water partition coefficient (Wildman–Crippen LogP) is 1.22. The minimum atomic E-state index is -0.147. The summed E-state index contributed by atoms with van der Waals surface area (Å²) in [5.41, 5.74) is 2.45. The third kappa shape index (κ3) is 2.05. The molecule has 6 nitrogen and oxygen atoms in total. The number of hydrogen-bond donors (Lipinski definition) is 1. The number of rotatable bonds is 3. The van der Waals surface area contributed by atoms with Gasteiger partial charge in [0, 0.05) is 25.5 Å². The topological polar surface area (TPSA) is 64.7 Å². The van der Waals surface area contributed by atoms with E-state index in [1.54, 1.807) is 13.2 Å². The maximum absolute atomic E-state index is 12.0. The van der Waals surface area contributed by atoms with Gasteiger partial charge in [0.25, 0.3) is 5.56 Å². The van der Waals surface area contributed by atoms with Gasteiger partial charge in [-0.15, -0.1) is 0 Å². The van der Waals surface area contributed by atoms with E-state index in [1.807, 2.05) is 36.0 Å². The van der Waals surface area contributed by atoms with Crippen LogP contribution in [0.3, 0.4) is 0 Å². The lowest BCUT2D eigenvalue weighted by Crippen LogP contribution is -2.23. The minimum Gasteiger partial charge on any atom is -0.387 e. The van der Waals surface area contributed by atoms with Crippen molar-refractivity contribution in [1.29, 1.82) is 0 Å². The Labute approximate surface area is 115 Å². The summed E-state index contributed by atoms with van der Waals surface area (Å²) >= 11 is 0. The van der Waals surface area contributed by atoms with Gasteiger partial charge >= 0.3 is 0 Å². The molecule has 0 saturated heterocycles. The first-order chi connectivity index (χ1) is 9.69. The van der Waals surface area contributed by atoms with Crippen LogP contribution < -0.4 is 10.9 Å². The van der Waals surface area contributed by atoms with Gasteiger partial charge in [-0.2, -0.15) is 10.2 Å². The summed E-state index contributed by atoms with van der Waals surface area (Å²) in [6.45, 7) is 0.365. The van der Waals surface area contributed by atoms with Crippen LogP contribution in [0.4, 0.5) is 5.69 Å². The van der Waals surface area contributed by atoms with E-state index in [2.05, 4.69) is 15.5 Å². The fraction of sp³-hybridized carbons (Fsp3) is 0.214. The molecule has 20 heavy (non-hydrogen) atoms. The summed E-state index contributed by atoms with van der Waals surface area (Å²) in [5, 5.41) is 12.6. The van der Waals surface area contributed by atoms with E-state index in [4.69, 9.17) is 0 Å². The quantitative estimate of drug-likeness (QED) is 0.776. The summed E-state index contributed by atoms with van der Waals surface area (Å²) in [6.07, 6.45) is 1.63. The first-order valence-electron chi connectivity index (χ1n) is 6.34. The molecule has 0 aliphatic carbocycles. The molecular formula is C14H15N5O. The number of nitrogens with one attached hydrogen (secondary N) is 1. The highest BCUT2D eigenvalue weighted by Gasteiger charge is 2.09. The number of hydrogen-bond acceptors (Lipinski definition) is 4. The lowest BCUT2D eigenvalue weighted by Gasteiger charge is -2.04. The minimum absolute atomic E-state index is 0.147. The zero-order chi connectivity index (χ0) is 14.1. The van der Waals surface area contributed by atoms with Crippen molar-refractivity contribution < 1.29 is 0 Å². The molecule has 0 unspecified atom stereocenters. The Bertz CT molecular complexity index is 818. The van der Waals surface area contributed by atoms with Crippen LogP contribution in [0.5, 0.6) is 0 Å². The Morgan fingerprint density at radius 3 is 2.85 bits per heavy atom. The Morgan fingerprint density at radius 1 is 1.30 bits per heavy atom. The molecule has 102 valence electrons. The smallest absolute Gasteiger partial charge is 0.269 e. The Balaban J connectivity index is 2.04. The highest BCUT2D eigenvalue weighted by atomic mass is 16.1. The second-order valence-corrected chi connectivity index (χ2v) is 4.58. The van der Waals surface area contributed by atoms with E-state index in [0.29, 0.717) is 12.2 Å². The number of aryl methyl sites for hydroxylation is 1. The van der Waals surface area contributed by atoms with Gasteiger partial charge in [0.1, 0.15) is 0 Å². The van der Waals surface area contributed by atoms with Gasteiger partial charge in [0.2, 0.25) is 0 Å². The van der Waals surface area contributed by atoms with Crippen LogP contribution >= 0.6 is 0 Å². The van der Waals surface area contributed by atoms with E-state index in [-0.39, 0.29) is 5.56 Å². The van der Waals surface area contributed by atoms with Crippen molar-refractivity contribution in [3.05, 3.63) is 52.6 Å². The second-order valence-electron chi connectivity index (χ2n) is 4.58. The van der Waals surface area contributed by atoms with Crippen LogP contribution in [0.15, 0.2) is 41.3 Å². The molecule has 0 spiro atoms. The van der Waals surface area contributed by atoms with E-state index in [1.165, 1.54) is 10.7 Å². The molecule has 0 atom stereocenters. The molecule has 0 radical (unpaired) electrons. The van der Waals surface area contributed by atoms with Crippen molar-refractivity contribution in [2.75, 3.05) is 12.4 Å². The molecule has 0 bridgehead atoms. The van der Waals surface area contributed by atoms with Gasteiger partial charge in [-0.3, -0.25) is 9.48 Å². The summed E-state index contributed by atoms with van der Waals surface area (Å²) in [7, 11) is 3.65. The highest BCUT2D eigenvalue weighted by molar-refractivity contribution is 5.81. The lowest BCUT2D eigenvalue weighted by atomic mass is 10.2. The van der Waals surface area contributed by atoms with Crippen LogP contribution in [0, 0.1) is 0 Å². The first-order valence-corrected chi connectivity index (χ1v) is 6.34. The van der Waals surface area contributed by atoms with Gasteiger partial charge < -0.3 is 5.32 Å². The molecule has 2 aromatic heterocycles. The third-order valence-corrected chi connectivity index (χ3v) is 3.29. The van der Waals surface area contributed by atoms with Gasteiger partial charge in [-0.1, -0.05) is 18.2 Å². The normalized spacial score (nSPS) is 10.9. The van der Waals surface area contributed by atoms with Gasteiger partial charge in [0.15, 0.2) is 0 Å². The average molecular weight is 269 g/mol. The number of para-hydroxylation sites is 1. The zero-order valence-electron chi connectivity index (χ0n) is 11.4. The largest absolute Gasteiger partial charge is 0.387 e. The molecule has 0 amide bonds. The number of fused-ring (bicyclic) bond motifs is 1. The van der Waals surface area contributed by atoms with E-state index < -0.39 is 0 Å². The van der Waals surface area contributed by atoms with Gasteiger partial charge in [0.05, 0.1) is 29.6 Å². The van der Waals surface area contributed by atoms with E-state index >= 15 is 0 Å². The van der Waals surface area contributed by atoms with Crippen molar-refractivity contribution in [3.63, 3.8) is 0 Å². The molecule has 1 aromatic carbocycles. The molecule has 6 heteroatoms. The Morgan fingerprint density at radius 2 is 2.10 bits per heavy atom. The molecule has 0 aliphatic heterocycles. The number of benzene rings is 1. The monoisotopic (exact) mass is 269 g/mol. The van der Waals surface area contributed by atoms with Crippen LogP contribution in [-0.2, 0) is 13.6 Å². The Hall–Kier alpha value is -2.63. The van der Waals surface area contributed by atoms with E-state index in [9.17, 15) is 4.79 Å². The Kier molecular flexibility index (Phi) is 2.98. The summed E-state index contributed by atoms with van der Waals surface area (Å²) in [5.74, 6) is 0. The van der Waals surface area contributed by atoms with Crippen molar-refractivity contribution >= 4 is 16.6 Å².